The number of hydrogen-bond donors (Lipinski definition) is 1. The Hall–Kier alpha value is -2.45. The summed E-state index contributed by atoms with van der Waals surface area (Å²) >= 11 is 0. The van der Waals surface area contributed by atoms with E-state index < -0.39 is 11.9 Å². The number of rotatable bonds is 6. The zero-order chi connectivity index (χ0) is 19.6. The standard InChI is InChI=1S/C19H21F2N3O4/c20-19(21)8-24(9-19)14-4-3-13(22-16(14)28-7-10-1-2-10)17(25)23-5-11-12(6-23)15(11)18(26)27/h3-4,10-12,15H,1-2,5-9H2,(H,26,27). The SMILES string of the molecule is O=C(O)C1C2CN(C(=O)c3ccc(N4CC(F)(F)C4)c(OCC4CC4)n3)CC21. The Morgan fingerprint density at radius 1 is 1.21 bits per heavy atom. The molecule has 2 atom stereocenters. The molecule has 1 aromatic heterocycles. The molecule has 1 aromatic rings. The second-order valence-electron chi connectivity index (χ2n) is 8.39. The lowest BCUT2D eigenvalue weighted by Crippen LogP contribution is -2.56. The van der Waals surface area contributed by atoms with Crippen LogP contribution < -0.4 is 9.64 Å². The third-order valence-electron chi connectivity index (χ3n) is 6.16. The van der Waals surface area contributed by atoms with Crippen LogP contribution >= 0.6 is 0 Å². The number of alkyl halides is 2. The van der Waals surface area contributed by atoms with E-state index in [0.29, 0.717) is 31.3 Å². The second-order valence-corrected chi connectivity index (χ2v) is 8.39. The van der Waals surface area contributed by atoms with Gasteiger partial charge in [-0.15, -0.1) is 0 Å². The highest BCUT2D eigenvalue weighted by atomic mass is 19.3. The van der Waals surface area contributed by atoms with Gasteiger partial charge in [-0.2, -0.15) is 0 Å². The van der Waals surface area contributed by atoms with Crippen LogP contribution in [0.5, 0.6) is 5.88 Å². The van der Waals surface area contributed by atoms with Crippen LogP contribution in [-0.4, -0.2) is 65.6 Å². The fourth-order valence-electron chi connectivity index (χ4n) is 4.28. The predicted molar refractivity (Wildman–Crippen MR) is 93.6 cm³/mol. The maximum absolute atomic E-state index is 13.3. The predicted octanol–water partition coefficient (Wildman–Crippen LogP) is 1.73. The number of pyridine rings is 1. The average Bonchev–Trinajstić information content (AvgIpc) is 3.54. The quantitative estimate of drug-likeness (QED) is 0.793. The molecule has 2 aliphatic carbocycles. The number of likely N-dealkylation sites (tertiary alicyclic amines) is 1. The molecular weight excluding hydrogens is 372 g/mol. The smallest absolute Gasteiger partial charge is 0.307 e. The summed E-state index contributed by atoms with van der Waals surface area (Å²) in [6, 6.07) is 3.16. The number of aromatic nitrogens is 1. The van der Waals surface area contributed by atoms with Crippen LogP contribution in [0.15, 0.2) is 12.1 Å². The number of carbonyl (C=O) groups excluding carboxylic acids is 1. The normalized spacial score (nSPS) is 29.9. The van der Waals surface area contributed by atoms with Gasteiger partial charge in [0.05, 0.1) is 25.6 Å². The van der Waals surface area contributed by atoms with Crippen molar-refractivity contribution in [3.8, 4) is 5.88 Å². The molecule has 0 spiro atoms. The number of halogens is 2. The van der Waals surface area contributed by atoms with Crippen molar-refractivity contribution >= 4 is 17.6 Å². The molecule has 3 heterocycles. The van der Waals surface area contributed by atoms with Crippen LogP contribution in [0.3, 0.4) is 0 Å². The van der Waals surface area contributed by atoms with Crippen molar-refractivity contribution in [3.05, 3.63) is 17.8 Å². The number of amides is 1. The van der Waals surface area contributed by atoms with Crippen molar-refractivity contribution < 1.29 is 28.2 Å². The number of piperidine rings is 1. The zero-order valence-corrected chi connectivity index (χ0v) is 15.2. The molecule has 1 amide bonds. The number of carboxylic acid groups (broad SMARTS) is 1. The van der Waals surface area contributed by atoms with Crippen molar-refractivity contribution in [1.29, 1.82) is 0 Å². The van der Waals surface area contributed by atoms with Crippen molar-refractivity contribution in [2.75, 3.05) is 37.7 Å². The summed E-state index contributed by atoms with van der Waals surface area (Å²) in [6.07, 6.45) is 2.16. The topological polar surface area (TPSA) is 83.0 Å². The number of hydrogen-bond acceptors (Lipinski definition) is 5. The van der Waals surface area contributed by atoms with Gasteiger partial charge in [0, 0.05) is 13.1 Å². The first kappa shape index (κ1) is 17.6. The Balaban J connectivity index is 1.31. The summed E-state index contributed by atoms with van der Waals surface area (Å²) < 4.78 is 32.3. The molecule has 2 unspecified atom stereocenters. The highest BCUT2D eigenvalue weighted by Gasteiger charge is 2.60. The zero-order valence-electron chi connectivity index (χ0n) is 15.2. The molecule has 2 aliphatic heterocycles. The number of carboxylic acids is 1. The first-order valence-corrected chi connectivity index (χ1v) is 9.61. The molecule has 28 heavy (non-hydrogen) atoms. The van der Waals surface area contributed by atoms with Crippen molar-refractivity contribution in [2.24, 2.45) is 23.7 Å². The largest absolute Gasteiger partial charge is 0.481 e. The van der Waals surface area contributed by atoms with E-state index in [2.05, 4.69) is 4.98 Å². The minimum Gasteiger partial charge on any atom is -0.481 e. The van der Waals surface area contributed by atoms with Crippen molar-refractivity contribution in [3.63, 3.8) is 0 Å². The Morgan fingerprint density at radius 2 is 1.89 bits per heavy atom. The van der Waals surface area contributed by atoms with Crippen molar-refractivity contribution in [1.82, 2.24) is 9.88 Å². The highest BCUT2D eigenvalue weighted by Crippen LogP contribution is 2.52. The van der Waals surface area contributed by atoms with Crippen molar-refractivity contribution in [2.45, 2.75) is 18.8 Å². The second kappa shape index (κ2) is 6.02. The van der Waals surface area contributed by atoms with Gasteiger partial charge in [-0.3, -0.25) is 9.59 Å². The van der Waals surface area contributed by atoms with Crippen LogP contribution in [0.1, 0.15) is 23.3 Å². The van der Waals surface area contributed by atoms with Crippen LogP contribution in [0, 0.1) is 23.7 Å². The fraction of sp³-hybridized carbons (Fsp3) is 0.632. The van der Waals surface area contributed by atoms with E-state index in [4.69, 9.17) is 9.84 Å². The Morgan fingerprint density at radius 3 is 2.46 bits per heavy atom. The number of nitrogens with zero attached hydrogens (tertiary/aromatic N) is 3. The van der Waals surface area contributed by atoms with Gasteiger partial charge in [0.25, 0.3) is 11.8 Å². The molecule has 9 heteroatoms. The van der Waals surface area contributed by atoms with Gasteiger partial charge in [-0.1, -0.05) is 0 Å². The van der Waals surface area contributed by atoms with Crippen LogP contribution in [0.2, 0.25) is 0 Å². The van der Waals surface area contributed by atoms with Crippen LogP contribution in [0.4, 0.5) is 14.5 Å². The molecule has 4 fully saturated rings. The van der Waals surface area contributed by atoms with E-state index in [1.54, 1.807) is 11.0 Å². The summed E-state index contributed by atoms with van der Waals surface area (Å²) in [4.78, 5) is 31.4. The minimum atomic E-state index is -2.71. The van der Waals surface area contributed by atoms with Gasteiger partial charge in [0.1, 0.15) is 11.4 Å². The van der Waals surface area contributed by atoms with Gasteiger partial charge in [0.2, 0.25) is 5.88 Å². The van der Waals surface area contributed by atoms with E-state index in [1.165, 1.54) is 11.0 Å². The molecule has 5 rings (SSSR count). The van der Waals surface area contributed by atoms with E-state index in [0.717, 1.165) is 12.8 Å². The third-order valence-corrected chi connectivity index (χ3v) is 6.16. The minimum absolute atomic E-state index is 0.0228. The Bertz CT molecular complexity index is 824. The molecule has 0 bridgehead atoms. The number of carbonyl (C=O) groups is 2. The number of aliphatic carboxylic acids is 1. The lowest BCUT2D eigenvalue weighted by atomic mass is 10.1. The molecule has 7 nitrogen and oxygen atoms in total. The average molecular weight is 393 g/mol. The maximum Gasteiger partial charge on any atom is 0.307 e. The number of anilines is 1. The monoisotopic (exact) mass is 393 g/mol. The molecule has 1 N–H and O–H groups in total. The summed E-state index contributed by atoms with van der Waals surface area (Å²) in [5.41, 5.74) is 0.688. The molecule has 150 valence electrons. The van der Waals surface area contributed by atoms with Gasteiger partial charge in [-0.05, 0) is 42.7 Å². The molecule has 4 aliphatic rings. The fourth-order valence-corrected chi connectivity index (χ4v) is 4.28. The number of ether oxygens (including phenoxy) is 1. The van der Waals surface area contributed by atoms with Gasteiger partial charge >= 0.3 is 5.97 Å². The molecule has 0 radical (unpaired) electrons. The van der Waals surface area contributed by atoms with E-state index in [9.17, 15) is 18.4 Å². The Labute approximate surface area is 160 Å². The van der Waals surface area contributed by atoms with E-state index >= 15 is 0 Å². The van der Waals surface area contributed by atoms with Gasteiger partial charge in [0.15, 0.2) is 0 Å². The lowest BCUT2D eigenvalue weighted by molar-refractivity contribution is -0.139. The lowest BCUT2D eigenvalue weighted by Gasteiger charge is -2.40. The summed E-state index contributed by atoms with van der Waals surface area (Å²) in [6.45, 7) is 0.540. The van der Waals surface area contributed by atoms with Crippen LogP contribution in [0.25, 0.3) is 0 Å². The van der Waals surface area contributed by atoms with E-state index in [1.807, 2.05) is 0 Å². The number of fused-ring (bicyclic) bond motifs is 1. The maximum atomic E-state index is 13.3. The van der Waals surface area contributed by atoms with Gasteiger partial charge < -0.3 is 19.6 Å². The summed E-state index contributed by atoms with van der Waals surface area (Å²) in [5, 5.41) is 9.10. The van der Waals surface area contributed by atoms with Gasteiger partial charge in [-0.25, -0.2) is 13.8 Å². The first-order chi connectivity index (χ1) is 13.3. The van der Waals surface area contributed by atoms with Crippen LogP contribution in [-0.2, 0) is 4.79 Å². The first-order valence-electron chi connectivity index (χ1n) is 9.61. The summed E-state index contributed by atoms with van der Waals surface area (Å²) in [5.74, 6) is -3.39. The highest BCUT2D eigenvalue weighted by molar-refractivity contribution is 5.93. The third kappa shape index (κ3) is 3.06. The van der Waals surface area contributed by atoms with E-state index in [-0.39, 0.29) is 48.3 Å². The Kier molecular flexibility index (Phi) is 3.79. The molecular formula is C19H21F2N3O4. The summed E-state index contributed by atoms with van der Waals surface area (Å²) in [7, 11) is 0. The molecule has 2 saturated carbocycles. The molecule has 0 aromatic carbocycles. The molecule has 2 saturated heterocycles.